The fourth-order valence-corrected chi connectivity index (χ4v) is 5.84. The van der Waals surface area contributed by atoms with Gasteiger partial charge in [0.05, 0.1) is 28.7 Å². The van der Waals surface area contributed by atoms with Gasteiger partial charge in [-0.25, -0.2) is 0 Å². The number of carbonyl (C=O) groups excluding carboxylic acids is 1. The number of hydrogen-bond donors (Lipinski definition) is 3. The first-order chi connectivity index (χ1) is 16.8. The lowest BCUT2D eigenvalue weighted by Gasteiger charge is -2.35. The van der Waals surface area contributed by atoms with E-state index in [4.69, 9.17) is 4.74 Å². The van der Waals surface area contributed by atoms with E-state index in [2.05, 4.69) is 35.4 Å². The normalized spacial score (nSPS) is 20.0. The van der Waals surface area contributed by atoms with E-state index < -0.39 is 10.8 Å². The molecule has 0 aliphatic carbocycles. The molecular weight excluding hydrogens is 462 g/mol. The Balaban J connectivity index is 1.44. The number of phenolic OH excluding ortho intramolecular Hbond substituents is 1. The van der Waals surface area contributed by atoms with E-state index in [-0.39, 0.29) is 17.6 Å². The summed E-state index contributed by atoms with van der Waals surface area (Å²) in [6.45, 7) is 7.10. The third-order valence-corrected chi connectivity index (χ3v) is 8.31. The summed E-state index contributed by atoms with van der Waals surface area (Å²) >= 11 is 0. The molecule has 1 amide bonds. The second-order valence-electron chi connectivity index (χ2n) is 9.90. The summed E-state index contributed by atoms with van der Waals surface area (Å²) in [4.78, 5) is 16.1. The molecule has 0 aromatic heterocycles. The number of anilines is 2. The molecule has 0 radical (unpaired) electrons. The van der Waals surface area contributed by atoms with E-state index in [1.807, 2.05) is 12.1 Å². The summed E-state index contributed by atoms with van der Waals surface area (Å²) in [5.41, 5.74) is 3.73. The van der Waals surface area contributed by atoms with E-state index in [0.717, 1.165) is 54.2 Å². The second kappa shape index (κ2) is 11.0. The Morgan fingerprint density at radius 2 is 1.94 bits per heavy atom. The minimum Gasteiger partial charge on any atom is -0.507 e. The highest BCUT2D eigenvalue weighted by Gasteiger charge is 2.26. The number of likely N-dealkylation sites (tertiary alicyclic amines) is 1. The lowest BCUT2D eigenvalue weighted by Crippen LogP contribution is -2.37. The van der Waals surface area contributed by atoms with Gasteiger partial charge in [-0.3, -0.25) is 9.00 Å². The zero-order chi connectivity index (χ0) is 25.1. The number of fused-ring (bicyclic) bond motifs is 1. The van der Waals surface area contributed by atoms with Gasteiger partial charge in [-0.05, 0) is 100.0 Å². The molecule has 2 aromatic carbocycles. The van der Waals surface area contributed by atoms with Crippen molar-refractivity contribution in [1.82, 2.24) is 4.90 Å². The topological polar surface area (TPSA) is 90.9 Å². The Morgan fingerprint density at radius 3 is 2.60 bits per heavy atom. The van der Waals surface area contributed by atoms with Crippen LogP contribution >= 0.6 is 0 Å². The van der Waals surface area contributed by atoms with Crippen LogP contribution in [0.15, 0.2) is 35.2 Å². The number of nitrogens with zero attached hydrogens (tertiary/aromatic N) is 1. The molecule has 35 heavy (non-hydrogen) atoms. The summed E-state index contributed by atoms with van der Waals surface area (Å²) in [5.74, 6) is 1.08. The highest BCUT2D eigenvalue weighted by molar-refractivity contribution is 7.84. The SMILES string of the molecule is COc1ccc(NC(=O)C2CCc3cc(O)c(S(C)=O)cc3NC2)cc1C1CCN(C(C)C)CC1. The van der Waals surface area contributed by atoms with Crippen LogP contribution in [0.1, 0.15) is 50.2 Å². The molecular formula is C27H37N3O4S. The van der Waals surface area contributed by atoms with Crippen LogP contribution in [0.25, 0.3) is 0 Å². The van der Waals surface area contributed by atoms with Gasteiger partial charge in [0.25, 0.3) is 0 Å². The molecule has 2 atom stereocenters. The summed E-state index contributed by atoms with van der Waals surface area (Å²) in [6.07, 6.45) is 5.02. The van der Waals surface area contributed by atoms with Crippen LogP contribution in [0.4, 0.5) is 11.4 Å². The van der Waals surface area contributed by atoms with Crippen molar-refractivity contribution in [2.24, 2.45) is 5.92 Å². The molecule has 2 heterocycles. The highest BCUT2D eigenvalue weighted by Crippen LogP contribution is 2.37. The third kappa shape index (κ3) is 5.81. The van der Waals surface area contributed by atoms with Gasteiger partial charge in [-0.15, -0.1) is 0 Å². The molecule has 8 heteroatoms. The molecule has 2 aromatic rings. The zero-order valence-electron chi connectivity index (χ0n) is 21.1. The molecule has 2 aliphatic rings. The third-order valence-electron chi connectivity index (χ3n) is 7.36. The fraction of sp³-hybridized carbons (Fsp3) is 0.519. The van der Waals surface area contributed by atoms with Crippen molar-refractivity contribution in [3.8, 4) is 11.5 Å². The van der Waals surface area contributed by atoms with Gasteiger partial charge in [-0.2, -0.15) is 0 Å². The molecule has 2 aliphatic heterocycles. The predicted octanol–water partition coefficient (Wildman–Crippen LogP) is 4.34. The highest BCUT2D eigenvalue weighted by atomic mass is 32.2. The number of benzene rings is 2. The fourth-order valence-electron chi connectivity index (χ4n) is 5.20. The minimum absolute atomic E-state index is 0.0282. The zero-order valence-corrected chi connectivity index (χ0v) is 21.9. The van der Waals surface area contributed by atoms with Crippen molar-refractivity contribution in [2.45, 2.75) is 56.4 Å². The Labute approximate surface area is 210 Å². The summed E-state index contributed by atoms with van der Waals surface area (Å²) in [7, 11) is 0.418. The van der Waals surface area contributed by atoms with E-state index >= 15 is 0 Å². The first-order valence-electron chi connectivity index (χ1n) is 12.4. The van der Waals surface area contributed by atoms with Gasteiger partial charge in [0, 0.05) is 30.2 Å². The first-order valence-corrected chi connectivity index (χ1v) is 14.0. The van der Waals surface area contributed by atoms with Gasteiger partial charge in [0.1, 0.15) is 11.5 Å². The van der Waals surface area contributed by atoms with Crippen LogP contribution in [0.5, 0.6) is 11.5 Å². The first kappa shape index (κ1) is 25.5. The van der Waals surface area contributed by atoms with Crippen LogP contribution in [0.3, 0.4) is 0 Å². The van der Waals surface area contributed by atoms with E-state index in [1.54, 1.807) is 25.5 Å². The lowest BCUT2D eigenvalue weighted by molar-refractivity contribution is -0.119. The minimum atomic E-state index is -1.28. The number of ether oxygens (including phenoxy) is 1. The van der Waals surface area contributed by atoms with E-state index in [1.165, 1.54) is 0 Å². The lowest BCUT2D eigenvalue weighted by atomic mass is 9.88. The van der Waals surface area contributed by atoms with Crippen molar-refractivity contribution in [3.05, 3.63) is 41.5 Å². The summed E-state index contributed by atoms with van der Waals surface area (Å²) in [6, 6.07) is 9.90. The molecule has 2 unspecified atom stereocenters. The van der Waals surface area contributed by atoms with Crippen molar-refractivity contribution in [2.75, 3.05) is 43.6 Å². The maximum atomic E-state index is 13.2. The summed E-state index contributed by atoms with van der Waals surface area (Å²) in [5, 5.41) is 16.7. The average molecular weight is 500 g/mol. The van der Waals surface area contributed by atoms with Gasteiger partial charge in [-0.1, -0.05) is 0 Å². The number of nitrogens with one attached hydrogen (secondary N) is 2. The maximum Gasteiger partial charge on any atom is 0.229 e. The smallest absolute Gasteiger partial charge is 0.229 e. The largest absolute Gasteiger partial charge is 0.507 e. The van der Waals surface area contributed by atoms with Crippen molar-refractivity contribution in [1.29, 1.82) is 0 Å². The number of aromatic hydroxyl groups is 1. The van der Waals surface area contributed by atoms with Crippen molar-refractivity contribution < 1.29 is 18.8 Å². The Kier molecular flexibility index (Phi) is 8.02. The molecule has 0 bridgehead atoms. The van der Waals surface area contributed by atoms with Crippen LogP contribution in [0.2, 0.25) is 0 Å². The molecule has 3 N–H and O–H groups in total. The Bertz CT molecular complexity index is 1100. The number of phenols is 1. The number of hydrogen-bond acceptors (Lipinski definition) is 6. The number of carbonyl (C=O) groups is 1. The predicted molar refractivity (Wildman–Crippen MR) is 141 cm³/mol. The van der Waals surface area contributed by atoms with Gasteiger partial charge in [0.2, 0.25) is 5.91 Å². The van der Waals surface area contributed by atoms with Crippen molar-refractivity contribution >= 4 is 28.1 Å². The molecule has 1 saturated heterocycles. The second-order valence-corrected chi connectivity index (χ2v) is 11.2. The quantitative estimate of drug-likeness (QED) is 0.512. The monoisotopic (exact) mass is 499 g/mol. The number of methoxy groups -OCH3 is 1. The Hall–Kier alpha value is -2.58. The molecule has 190 valence electrons. The van der Waals surface area contributed by atoms with E-state index in [9.17, 15) is 14.1 Å². The van der Waals surface area contributed by atoms with Crippen LogP contribution in [0, 0.1) is 5.92 Å². The molecule has 4 rings (SSSR count). The van der Waals surface area contributed by atoms with Gasteiger partial charge in [0.15, 0.2) is 0 Å². The average Bonchev–Trinajstić information content (AvgIpc) is 3.05. The van der Waals surface area contributed by atoms with Gasteiger partial charge >= 0.3 is 0 Å². The van der Waals surface area contributed by atoms with Crippen LogP contribution in [-0.4, -0.2) is 59.2 Å². The Morgan fingerprint density at radius 1 is 1.20 bits per heavy atom. The molecule has 1 fully saturated rings. The van der Waals surface area contributed by atoms with Crippen LogP contribution in [-0.2, 0) is 22.0 Å². The van der Waals surface area contributed by atoms with E-state index in [0.29, 0.717) is 36.2 Å². The van der Waals surface area contributed by atoms with Gasteiger partial charge < -0.3 is 25.4 Å². The number of piperidine rings is 1. The maximum absolute atomic E-state index is 13.2. The number of rotatable bonds is 6. The number of amides is 1. The standard InChI is InChI=1S/C27H37N3O4S/c1-17(2)30-11-9-18(10-12-30)22-14-21(7-8-25(22)34-3)29-27(32)20-6-5-19-13-24(31)26(35(4)33)15-23(19)28-16-20/h7-8,13-15,17-18,20,28,31H,5-6,9-12,16H2,1-4H3,(H,29,32). The number of aryl methyl sites for hydroxylation is 1. The molecule has 0 saturated carbocycles. The van der Waals surface area contributed by atoms with Crippen LogP contribution < -0.4 is 15.4 Å². The van der Waals surface area contributed by atoms with Crippen molar-refractivity contribution in [3.63, 3.8) is 0 Å². The molecule has 7 nitrogen and oxygen atoms in total. The summed E-state index contributed by atoms with van der Waals surface area (Å²) < 4.78 is 17.6. The molecule has 0 spiro atoms.